The molecule has 0 fully saturated rings. The third-order valence-electron chi connectivity index (χ3n) is 7.43. The van der Waals surface area contributed by atoms with E-state index in [9.17, 15) is 0 Å². The second-order valence-corrected chi connectivity index (χ2v) is 19.8. The summed E-state index contributed by atoms with van der Waals surface area (Å²) in [4.78, 5) is 0. The molecule has 0 saturated carbocycles. The van der Waals surface area contributed by atoms with E-state index in [1.54, 1.807) is 10.8 Å². The van der Waals surface area contributed by atoms with Crippen LogP contribution in [0.15, 0.2) is 140 Å². The molecule has 0 bridgehead atoms. The van der Waals surface area contributed by atoms with Crippen molar-refractivity contribution in [3.8, 4) is 0 Å². The van der Waals surface area contributed by atoms with Crippen molar-refractivity contribution in [3.63, 3.8) is 0 Å². The predicted octanol–water partition coefficient (Wildman–Crippen LogP) is 7.76. The Balaban J connectivity index is 0.000000662. The van der Waals surface area contributed by atoms with Crippen LogP contribution in [0, 0.1) is 0 Å². The number of benzene rings is 3. The summed E-state index contributed by atoms with van der Waals surface area (Å²) in [5.41, 5.74) is 1.54. The van der Waals surface area contributed by atoms with E-state index in [4.69, 9.17) is 0 Å². The van der Waals surface area contributed by atoms with Gasteiger partial charge < -0.3 is 30.3 Å². The van der Waals surface area contributed by atoms with Gasteiger partial charge in [0.15, 0.2) is 8.07 Å². The largest absolute Gasteiger partial charge is 0.748 e. The Bertz CT molecular complexity index is 1250. The Labute approximate surface area is 255 Å². The van der Waals surface area contributed by atoms with Crippen LogP contribution in [-0.2, 0) is 23.2 Å². The van der Waals surface area contributed by atoms with Crippen LogP contribution in [0.4, 0.5) is 0 Å². The minimum absolute atomic E-state index is 0. The molecule has 40 heavy (non-hydrogen) atoms. The van der Waals surface area contributed by atoms with Crippen molar-refractivity contribution in [3.05, 3.63) is 145 Å². The van der Waals surface area contributed by atoms with Crippen LogP contribution in [0.2, 0.25) is 0 Å². The molecule has 0 aliphatic heterocycles. The van der Waals surface area contributed by atoms with Crippen molar-refractivity contribution in [1.29, 1.82) is 0 Å². The van der Waals surface area contributed by atoms with E-state index in [-0.39, 0.29) is 25.0 Å². The summed E-state index contributed by atoms with van der Waals surface area (Å²) in [6, 6.07) is 51.0. The molecule has 0 saturated heterocycles. The Kier molecular flexibility index (Phi) is 11.2. The van der Waals surface area contributed by atoms with Gasteiger partial charge >= 0.3 is 0 Å². The van der Waals surface area contributed by atoms with E-state index in [0.29, 0.717) is 10.3 Å². The first kappa shape index (κ1) is 32.0. The molecule has 214 valence electrons. The van der Waals surface area contributed by atoms with E-state index in [1.165, 1.54) is 15.6 Å². The molecule has 5 aromatic carbocycles. The summed E-state index contributed by atoms with van der Waals surface area (Å²) in [5, 5.41) is 6.50. The molecule has 0 radical (unpaired) electrons. The molecular weight excluding hydrogens is 559 g/mol. The summed E-state index contributed by atoms with van der Waals surface area (Å²) in [6.07, 6.45) is 1.16. The zero-order valence-electron chi connectivity index (χ0n) is 24.8. The van der Waals surface area contributed by atoms with Crippen LogP contribution in [-0.4, -0.2) is 18.4 Å². The van der Waals surface area contributed by atoms with Crippen molar-refractivity contribution in [1.82, 2.24) is 0 Å². The summed E-state index contributed by atoms with van der Waals surface area (Å²) in [5.74, 6) is 0. The van der Waals surface area contributed by atoms with E-state index in [2.05, 4.69) is 151 Å². The smallest absolute Gasteiger partial charge is 0.154 e. The minimum atomic E-state index is -2.47. The minimum Gasteiger partial charge on any atom is -0.748 e. The SMILES string of the molecule is CC(C)(C)P(C[c-]1cccc1[Si](c1ccccc1)(c1ccccc1)c1ccccc1)C(C)(C)C.[Fe].[cH-]1[cH-][cH-][cH-][cH-]1. The summed E-state index contributed by atoms with van der Waals surface area (Å²) in [7, 11) is -2.71. The molecule has 3 heteroatoms. The zero-order chi connectivity index (χ0) is 27.9. The van der Waals surface area contributed by atoms with E-state index < -0.39 is 8.07 Å². The quantitative estimate of drug-likeness (QED) is 0.0807. The summed E-state index contributed by atoms with van der Waals surface area (Å²) in [6.45, 7) is 14.6. The maximum atomic E-state index is 2.44. The van der Waals surface area contributed by atoms with Crippen molar-refractivity contribution < 1.29 is 17.1 Å². The van der Waals surface area contributed by atoms with Gasteiger partial charge in [0.1, 0.15) is 0 Å². The third-order valence-corrected chi connectivity index (χ3v) is 16.2. The standard InChI is InChI=1S/C32H38PSi.C5H5.Fe/c1-31(2,3)33(32(4,5)6)25-26-17-16-24-30(26)34(27-18-10-7-11-19-27,28-20-12-8-13-21-28)29-22-14-9-15-23-29;1-2-4-5-3-1;/h7-24H,25H2,1-6H3;1-5H;/q-1;-5;. The average molecular weight is 603 g/mol. The van der Waals surface area contributed by atoms with Crippen LogP contribution in [0.1, 0.15) is 47.1 Å². The molecule has 5 aromatic rings. The third kappa shape index (κ3) is 7.23. The van der Waals surface area contributed by atoms with Gasteiger partial charge in [-0.1, -0.05) is 139 Å². The molecule has 5 rings (SSSR count). The van der Waals surface area contributed by atoms with E-state index >= 15 is 0 Å². The van der Waals surface area contributed by atoms with Crippen LogP contribution >= 0.6 is 7.92 Å². The second kappa shape index (κ2) is 13.9. The molecule has 0 aliphatic rings. The monoisotopic (exact) mass is 602 g/mol. The molecule has 0 amide bonds. The van der Waals surface area contributed by atoms with Gasteiger partial charge in [0.2, 0.25) is 0 Å². The number of rotatable bonds is 6. The molecular formula is C37H43FePSi-6. The van der Waals surface area contributed by atoms with Gasteiger partial charge in [-0.3, -0.25) is 0 Å². The fraction of sp³-hybridized carbons (Fsp3) is 0.243. The van der Waals surface area contributed by atoms with Crippen molar-refractivity contribution in [2.45, 2.75) is 58.0 Å². The maximum Gasteiger partial charge on any atom is 0.154 e. The summed E-state index contributed by atoms with van der Waals surface area (Å²) < 4.78 is 0. The fourth-order valence-electron chi connectivity index (χ4n) is 5.96. The number of hydrogen-bond acceptors (Lipinski definition) is 0. The molecule has 0 unspecified atom stereocenters. The van der Waals surface area contributed by atoms with Crippen molar-refractivity contribution >= 4 is 36.7 Å². The van der Waals surface area contributed by atoms with Gasteiger partial charge in [-0.25, -0.2) is 12.1 Å². The Hall–Kier alpha value is -2.47. The van der Waals surface area contributed by atoms with Gasteiger partial charge in [-0.15, -0.1) is 7.92 Å². The second-order valence-electron chi connectivity index (χ2n) is 12.2. The van der Waals surface area contributed by atoms with Crippen LogP contribution in [0.5, 0.6) is 0 Å². The normalized spacial score (nSPS) is 11.9. The molecule has 0 N–H and O–H groups in total. The van der Waals surface area contributed by atoms with Gasteiger partial charge in [-0.05, 0) is 25.9 Å². The Morgan fingerprint density at radius 3 is 1.23 bits per heavy atom. The Morgan fingerprint density at radius 2 is 0.900 bits per heavy atom. The molecule has 0 aliphatic carbocycles. The first-order valence-electron chi connectivity index (χ1n) is 14.0. The van der Waals surface area contributed by atoms with Gasteiger partial charge in [0.05, 0.1) is 0 Å². The molecule has 0 atom stereocenters. The fourth-order valence-corrected chi connectivity index (χ4v) is 14.7. The molecule has 0 spiro atoms. The molecule has 0 aromatic heterocycles. The topological polar surface area (TPSA) is 0 Å². The van der Waals surface area contributed by atoms with Crippen molar-refractivity contribution in [2.75, 3.05) is 0 Å². The predicted molar refractivity (Wildman–Crippen MR) is 178 cm³/mol. The van der Waals surface area contributed by atoms with Crippen LogP contribution < -0.4 is 20.7 Å². The molecule has 0 heterocycles. The van der Waals surface area contributed by atoms with Gasteiger partial charge in [0, 0.05) is 17.1 Å². The van der Waals surface area contributed by atoms with Crippen molar-refractivity contribution in [2.24, 2.45) is 0 Å². The number of hydrogen-bond donors (Lipinski definition) is 0. The van der Waals surface area contributed by atoms with Gasteiger partial charge in [-0.2, -0.15) is 16.8 Å². The first-order valence-corrected chi connectivity index (χ1v) is 17.5. The molecule has 0 nitrogen and oxygen atoms in total. The Morgan fingerprint density at radius 1 is 0.550 bits per heavy atom. The maximum absolute atomic E-state index is 2.47. The van der Waals surface area contributed by atoms with Crippen LogP contribution in [0.3, 0.4) is 0 Å². The van der Waals surface area contributed by atoms with Crippen LogP contribution in [0.25, 0.3) is 0 Å². The average Bonchev–Trinajstić information content (AvgIpc) is 3.65. The summed E-state index contributed by atoms with van der Waals surface area (Å²) >= 11 is 0. The zero-order valence-corrected chi connectivity index (χ0v) is 27.8. The van der Waals surface area contributed by atoms with E-state index in [1.807, 2.05) is 30.3 Å². The van der Waals surface area contributed by atoms with E-state index in [0.717, 1.165) is 6.16 Å². The van der Waals surface area contributed by atoms with Gasteiger partial charge in [0.25, 0.3) is 0 Å². The first-order chi connectivity index (χ1) is 18.6.